The third kappa shape index (κ3) is 3.14. The number of nitrogens with two attached hydrogens (primary N) is 2. The molecule has 2 bridgehead atoms. The zero-order chi connectivity index (χ0) is 16.4. The summed E-state index contributed by atoms with van der Waals surface area (Å²) in [5.74, 6) is 6.85. The normalized spacial score (nSPS) is 28.0. The van der Waals surface area contributed by atoms with Gasteiger partial charge in [0.25, 0.3) is 0 Å². The predicted molar refractivity (Wildman–Crippen MR) is 86.8 cm³/mol. The molecule has 0 saturated heterocycles. The topological polar surface area (TPSA) is 104 Å². The number of hydrogen-bond acceptors (Lipinski definition) is 6. The molecular weight excluding hydrogens is 292 g/mol. The van der Waals surface area contributed by atoms with E-state index in [-0.39, 0.29) is 29.3 Å². The fraction of sp³-hybridized carbons (Fsp3) is 0.471. The molecule has 1 aromatic heterocycles. The van der Waals surface area contributed by atoms with E-state index in [1.165, 1.54) is 13.1 Å². The van der Waals surface area contributed by atoms with Crippen LogP contribution in [0.5, 0.6) is 0 Å². The Labute approximate surface area is 135 Å². The van der Waals surface area contributed by atoms with E-state index in [2.05, 4.69) is 34.0 Å². The highest BCUT2D eigenvalue weighted by atomic mass is 16.5. The molecule has 3 unspecified atom stereocenters. The van der Waals surface area contributed by atoms with Gasteiger partial charge in [0.05, 0.1) is 11.8 Å². The molecule has 3 atom stereocenters. The average Bonchev–Trinajstić information content (AvgIpc) is 2.50. The van der Waals surface area contributed by atoms with Crippen LogP contribution in [0.4, 0.5) is 11.8 Å². The lowest BCUT2D eigenvalue weighted by atomic mass is 9.62. The van der Waals surface area contributed by atoms with Crippen LogP contribution in [0.3, 0.4) is 0 Å². The fourth-order valence-corrected chi connectivity index (χ4v) is 3.37. The first-order valence-electron chi connectivity index (χ1n) is 7.72. The Morgan fingerprint density at radius 2 is 2.35 bits per heavy atom. The smallest absolute Gasteiger partial charge is 0.302 e. The van der Waals surface area contributed by atoms with Crippen LogP contribution >= 0.6 is 0 Å². The highest BCUT2D eigenvalue weighted by Gasteiger charge is 2.46. The predicted octanol–water partition coefficient (Wildman–Crippen LogP) is 1.67. The van der Waals surface area contributed by atoms with Gasteiger partial charge in [-0.05, 0) is 25.2 Å². The van der Waals surface area contributed by atoms with Gasteiger partial charge in [-0.2, -0.15) is 4.98 Å². The Kier molecular flexibility index (Phi) is 3.95. The van der Waals surface area contributed by atoms with Crippen molar-refractivity contribution >= 4 is 17.7 Å². The van der Waals surface area contributed by atoms with Crippen molar-refractivity contribution in [1.82, 2.24) is 9.97 Å². The van der Waals surface area contributed by atoms with Crippen LogP contribution in [0.25, 0.3) is 0 Å². The monoisotopic (exact) mass is 312 g/mol. The van der Waals surface area contributed by atoms with Crippen molar-refractivity contribution < 1.29 is 9.53 Å². The molecule has 0 radical (unpaired) electrons. The van der Waals surface area contributed by atoms with Crippen molar-refractivity contribution in [2.75, 3.05) is 11.5 Å². The molecule has 6 heteroatoms. The van der Waals surface area contributed by atoms with Crippen LogP contribution in [-0.4, -0.2) is 22.0 Å². The van der Waals surface area contributed by atoms with Crippen molar-refractivity contribution in [2.45, 2.75) is 38.7 Å². The Balaban J connectivity index is 1.80. The molecular formula is C17H20N4O2. The lowest BCUT2D eigenvalue weighted by Crippen LogP contribution is -2.44. The number of aromatic nitrogens is 2. The van der Waals surface area contributed by atoms with Crippen LogP contribution < -0.4 is 11.5 Å². The van der Waals surface area contributed by atoms with Gasteiger partial charge in [-0.3, -0.25) is 4.79 Å². The van der Waals surface area contributed by atoms with Crippen LogP contribution in [0.1, 0.15) is 38.2 Å². The largest absolute Gasteiger partial charge is 0.462 e. The second-order valence-electron chi connectivity index (χ2n) is 6.23. The highest BCUT2D eigenvalue weighted by molar-refractivity contribution is 5.66. The number of esters is 1. The highest BCUT2D eigenvalue weighted by Crippen LogP contribution is 2.49. The van der Waals surface area contributed by atoms with Crippen LogP contribution in [0.2, 0.25) is 0 Å². The summed E-state index contributed by atoms with van der Waals surface area (Å²) in [7, 11) is 0. The van der Waals surface area contributed by atoms with Crippen molar-refractivity contribution in [2.24, 2.45) is 11.3 Å². The number of carbonyl (C=O) groups is 1. The number of nitrogens with zero attached hydrogens (tertiary/aromatic N) is 2. The van der Waals surface area contributed by atoms with Gasteiger partial charge in [0, 0.05) is 18.8 Å². The first-order valence-corrected chi connectivity index (χ1v) is 7.72. The van der Waals surface area contributed by atoms with Crippen molar-refractivity contribution in [1.29, 1.82) is 0 Å². The van der Waals surface area contributed by atoms with Crippen LogP contribution in [0, 0.1) is 23.2 Å². The maximum atomic E-state index is 11.4. The van der Waals surface area contributed by atoms with E-state index < -0.39 is 0 Å². The molecule has 6 nitrogen and oxygen atoms in total. The number of carbonyl (C=O) groups excluding carboxylic acids is 1. The van der Waals surface area contributed by atoms with E-state index in [1.54, 1.807) is 0 Å². The number of allylic oxidation sites excluding steroid dienone is 1. The Morgan fingerprint density at radius 3 is 3.00 bits per heavy atom. The third-order valence-electron chi connectivity index (χ3n) is 4.62. The second kappa shape index (κ2) is 5.92. The summed E-state index contributed by atoms with van der Waals surface area (Å²) in [6.45, 7) is 1.46. The average molecular weight is 312 g/mol. The van der Waals surface area contributed by atoms with E-state index in [4.69, 9.17) is 16.2 Å². The van der Waals surface area contributed by atoms with Crippen molar-refractivity contribution in [3.05, 3.63) is 23.9 Å². The molecule has 1 aromatic rings. The van der Waals surface area contributed by atoms with Gasteiger partial charge in [-0.15, -0.1) is 0 Å². The molecule has 1 heterocycles. The van der Waals surface area contributed by atoms with Crippen molar-refractivity contribution in [3.63, 3.8) is 0 Å². The molecule has 4 rings (SSSR count). The lowest BCUT2D eigenvalue weighted by Gasteiger charge is -2.46. The first-order chi connectivity index (χ1) is 11.0. The SMILES string of the molecule is CC(=O)OC1CC2C=CC1(CC#Cc1cnc(N)nc1N)CC2. The fourth-order valence-electron chi connectivity index (χ4n) is 3.37. The summed E-state index contributed by atoms with van der Waals surface area (Å²) in [4.78, 5) is 19.2. The Hall–Kier alpha value is -2.55. The molecule has 4 N–H and O–H groups in total. The van der Waals surface area contributed by atoms with Crippen LogP contribution in [0.15, 0.2) is 18.3 Å². The summed E-state index contributed by atoms with van der Waals surface area (Å²) in [6, 6.07) is 0. The quantitative estimate of drug-likeness (QED) is 0.489. The summed E-state index contributed by atoms with van der Waals surface area (Å²) >= 11 is 0. The number of nitrogen functional groups attached to an aromatic ring is 2. The minimum atomic E-state index is -0.237. The lowest BCUT2D eigenvalue weighted by molar-refractivity contribution is -0.156. The van der Waals surface area contributed by atoms with E-state index in [0.717, 1.165) is 19.3 Å². The van der Waals surface area contributed by atoms with Crippen molar-refractivity contribution in [3.8, 4) is 11.8 Å². The molecule has 3 aliphatic rings. The Morgan fingerprint density at radius 1 is 1.52 bits per heavy atom. The molecule has 3 aliphatic carbocycles. The van der Waals surface area contributed by atoms with E-state index >= 15 is 0 Å². The summed E-state index contributed by atoms with van der Waals surface area (Å²) in [5, 5.41) is 0. The number of ether oxygens (including phenoxy) is 1. The molecule has 0 spiro atoms. The molecule has 1 fully saturated rings. The molecule has 120 valence electrons. The zero-order valence-corrected chi connectivity index (χ0v) is 13.1. The molecule has 0 amide bonds. The molecule has 23 heavy (non-hydrogen) atoms. The number of fused-ring (bicyclic) bond motifs is 2. The number of rotatable bonds is 2. The van der Waals surface area contributed by atoms with Gasteiger partial charge in [0.2, 0.25) is 5.95 Å². The summed E-state index contributed by atoms with van der Waals surface area (Å²) in [5.41, 5.74) is 11.6. The van der Waals surface area contributed by atoms with Gasteiger partial charge in [-0.1, -0.05) is 24.0 Å². The van der Waals surface area contributed by atoms with Gasteiger partial charge >= 0.3 is 5.97 Å². The molecule has 0 aliphatic heterocycles. The van der Waals surface area contributed by atoms with E-state index in [1.807, 2.05) is 0 Å². The summed E-state index contributed by atoms with van der Waals surface area (Å²) in [6.07, 6.45) is 9.42. The minimum absolute atomic E-state index is 0.0990. The maximum absolute atomic E-state index is 11.4. The standard InChI is InChI=1S/C17H20N4O2/c1-11(22)23-14-9-12-4-7-17(14,8-5-12)6-2-3-13-10-20-16(19)21-15(13)18/h4,7,10,12,14H,5-6,8-9H2,1H3,(H4,18,19,20,21). The zero-order valence-electron chi connectivity index (χ0n) is 13.1. The first kappa shape index (κ1) is 15.3. The number of hydrogen-bond donors (Lipinski definition) is 2. The molecule has 0 aromatic carbocycles. The summed E-state index contributed by atoms with van der Waals surface area (Å²) < 4.78 is 5.55. The van der Waals surface area contributed by atoms with Gasteiger partial charge < -0.3 is 16.2 Å². The number of anilines is 2. The third-order valence-corrected chi connectivity index (χ3v) is 4.62. The second-order valence-corrected chi connectivity index (χ2v) is 6.23. The minimum Gasteiger partial charge on any atom is -0.462 e. The Bertz CT molecular complexity index is 719. The van der Waals surface area contributed by atoms with E-state index in [9.17, 15) is 4.79 Å². The van der Waals surface area contributed by atoms with Gasteiger partial charge in [0.15, 0.2) is 0 Å². The van der Waals surface area contributed by atoms with Gasteiger partial charge in [0.1, 0.15) is 11.9 Å². The van der Waals surface area contributed by atoms with Gasteiger partial charge in [-0.25, -0.2) is 4.98 Å². The van der Waals surface area contributed by atoms with Crippen LogP contribution in [-0.2, 0) is 9.53 Å². The maximum Gasteiger partial charge on any atom is 0.302 e. The van der Waals surface area contributed by atoms with E-state index in [0.29, 0.717) is 17.9 Å². The molecule has 1 saturated carbocycles.